The lowest BCUT2D eigenvalue weighted by Gasteiger charge is -2.48. The number of tetrazole rings is 1. The lowest BCUT2D eigenvalue weighted by Crippen LogP contribution is -2.61. The molecule has 120 valence electrons. The van der Waals surface area contributed by atoms with Crippen LogP contribution in [-0.4, -0.2) is 57.3 Å². The van der Waals surface area contributed by atoms with E-state index in [2.05, 4.69) is 46.6 Å². The Balaban J connectivity index is 2.19. The number of likely N-dealkylation sites (N-methyl/N-ethyl adjacent to an activating group) is 1. The number of aryl methyl sites for hydroxylation is 1. The Morgan fingerprint density at radius 2 is 2.00 bits per heavy atom. The molecule has 1 atom stereocenters. The van der Waals surface area contributed by atoms with Crippen LogP contribution in [0.3, 0.4) is 0 Å². The molecule has 1 N–H and O–H groups in total. The molecule has 1 aliphatic rings. The fraction of sp³-hybridized carbons (Fsp3) is 0.933. The summed E-state index contributed by atoms with van der Waals surface area (Å²) in [6, 6.07) is 0.386. The summed E-state index contributed by atoms with van der Waals surface area (Å²) < 4.78 is 0. The molecule has 1 heterocycles. The molecular formula is C15H30N6. The lowest BCUT2D eigenvalue weighted by molar-refractivity contribution is 0.0561. The zero-order valence-corrected chi connectivity index (χ0v) is 14.0. The number of hydrogen-bond donors (Lipinski definition) is 1. The van der Waals surface area contributed by atoms with E-state index in [0.717, 1.165) is 25.2 Å². The van der Waals surface area contributed by atoms with E-state index in [-0.39, 0.29) is 5.54 Å². The van der Waals surface area contributed by atoms with Gasteiger partial charge in [-0.05, 0) is 45.1 Å². The molecular weight excluding hydrogens is 264 g/mol. The van der Waals surface area contributed by atoms with Crippen LogP contribution in [0.1, 0.15) is 51.3 Å². The van der Waals surface area contributed by atoms with Crippen molar-refractivity contribution in [1.82, 2.24) is 30.4 Å². The number of nitrogens with one attached hydrogen (secondary N) is 1. The summed E-state index contributed by atoms with van der Waals surface area (Å²) in [5, 5.41) is 16.3. The maximum atomic E-state index is 4.38. The van der Waals surface area contributed by atoms with Gasteiger partial charge in [0, 0.05) is 18.0 Å². The van der Waals surface area contributed by atoms with E-state index in [1.807, 2.05) is 7.05 Å². The van der Waals surface area contributed by atoms with Gasteiger partial charge >= 0.3 is 0 Å². The third-order valence-electron chi connectivity index (χ3n) is 4.84. The normalized spacial score (nSPS) is 19.9. The number of rotatable bonds is 7. The smallest absolute Gasteiger partial charge is 0.176 e. The first-order chi connectivity index (χ1) is 10.1. The number of hydrogen-bond acceptors (Lipinski definition) is 5. The van der Waals surface area contributed by atoms with E-state index in [1.165, 1.54) is 32.1 Å². The van der Waals surface area contributed by atoms with Crippen LogP contribution in [0.2, 0.25) is 0 Å². The summed E-state index contributed by atoms with van der Waals surface area (Å²) in [4.78, 5) is 3.98. The molecule has 0 spiro atoms. The molecule has 2 rings (SSSR count). The summed E-state index contributed by atoms with van der Waals surface area (Å²) in [6.07, 6.45) is 8.50. The second-order valence-corrected chi connectivity index (χ2v) is 6.46. The molecule has 1 unspecified atom stereocenters. The SMILES string of the molecule is CCCNC(Cc1nnn(C)n1)C1(N(C)C)CCCCC1. The minimum absolute atomic E-state index is 0.215. The van der Waals surface area contributed by atoms with Crippen LogP contribution in [0.4, 0.5) is 0 Å². The Hall–Kier alpha value is -1.01. The van der Waals surface area contributed by atoms with E-state index in [0.29, 0.717) is 6.04 Å². The van der Waals surface area contributed by atoms with Crippen molar-refractivity contribution in [2.24, 2.45) is 7.05 Å². The van der Waals surface area contributed by atoms with Crippen LogP contribution in [0, 0.1) is 0 Å². The average molecular weight is 294 g/mol. The molecule has 1 aliphatic carbocycles. The van der Waals surface area contributed by atoms with Gasteiger partial charge in [0.1, 0.15) is 0 Å². The summed E-state index contributed by atoms with van der Waals surface area (Å²) in [6.45, 7) is 3.26. The van der Waals surface area contributed by atoms with Crippen molar-refractivity contribution in [3.05, 3.63) is 5.82 Å². The van der Waals surface area contributed by atoms with Crippen LogP contribution in [-0.2, 0) is 13.5 Å². The van der Waals surface area contributed by atoms with Gasteiger partial charge in [0.05, 0.1) is 7.05 Å². The van der Waals surface area contributed by atoms with Crippen LogP contribution in [0.25, 0.3) is 0 Å². The average Bonchev–Trinajstić information content (AvgIpc) is 2.89. The molecule has 0 saturated heterocycles. The Morgan fingerprint density at radius 3 is 2.52 bits per heavy atom. The van der Waals surface area contributed by atoms with Crippen molar-refractivity contribution in [3.8, 4) is 0 Å². The third kappa shape index (κ3) is 3.80. The van der Waals surface area contributed by atoms with Gasteiger partial charge in [0.2, 0.25) is 0 Å². The molecule has 0 radical (unpaired) electrons. The minimum atomic E-state index is 0.215. The molecule has 6 nitrogen and oxygen atoms in total. The van der Waals surface area contributed by atoms with Gasteiger partial charge in [-0.25, -0.2) is 0 Å². The van der Waals surface area contributed by atoms with E-state index < -0.39 is 0 Å². The highest BCUT2D eigenvalue weighted by Crippen LogP contribution is 2.36. The Labute approximate surface area is 128 Å². The molecule has 21 heavy (non-hydrogen) atoms. The maximum Gasteiger partial charge on any atom is 0.176 e. The highest BCUT2D eigenvalue weighted by Gasteiger charge is 2.41. The van der Waals surface area contributed by atoms with E-state index in [9.17, 15) is 0 Å². The Morgan fingerprint density at radius 1 is 1.29 bits per heavy atom. The predicted octanol–water partition coefficient (Wildman–Crippen LogP) is 1.39. The summed E-state index contributed by atoms with van der Waals surface area (Å²) in [5.41, 5.74) is 0.215. The maximum absolute atomic E-state index is 4.38. The minimum Gasteiger partial charge on any atom is -0.312 e. The first-order valence-electron chi connectivity index (χ1n) is 8.22. The molecule has 0 aromatic carbocycles. The van der Waals surface area contributed by atoms with Gasteiger partial charge in [-0.1, -0.05) is 26.2 Å². The second-order valence-electron chi connectivity index (χ2n) is 6.46. The fourth-order valence-corrected chi connectivity index (χ4v) is 3.63. The van der Waals surface area contributed by atoms with Gasteiger partial charge in [-0.3, -0.25) is 0 Å². The molecule has 1 saturated carbocycles. The van der Waals surface area contributed by atoms with E-state index >= 15 is 0 Å². The van der Waals surface area contributed by atoms with E-state index in [4.69, 9.17) is 0 Å². The lowest BCUT2D eigenvalue weighted by atomic mass is 9.74. The van der Waals surface area contributed by atoms with Crippen LogP contribution < -0.4 is 5.32 Å². The third-order valence-corrected chi connectivity index (χ3v) is 4.84. The first kappa shape index (κ1) is 16.4. The van der Waals surface area contributed by atoms with Crippen LogP contribution in [0.15, 0.2) is 0 Å². The van der Waals surface area contributed by atoms with Crippen molar-refractivity contribution in [2.75, 3.05) is 20.6 Å². The van der Waals surface area contributed by atoms with Crippen molar-refractivity contribution < 1.29 is 0 Å². The van der Waals surface area contributed by atoms with Crippen LogP contribution >= 0.6 is 0 Å². The largest absolute Gasteiger partial charge is 0.312 e. The zero-order chi connectivity index (χ0) is 15.3. The van der Waals surface area contributed by atoms with Gasteiger partial charge in [-0.2, -0.15) is 4.80 Å². The highest BCUT2D eigenvalue weighted by atomic mass is 15.6. The zero-order valence-electron chi connectivity index (χ0n) is 14.0. The fourth-order valence-electron chi connectivity index (χ4n) is 3.63. The molecule has 0 amide bonds. The Bertz CT molecular complexity index is 422. The number of nitrogens with zero attached hydrogens (tertiary/aromatic N) is 5. The highest BCUT2D eigenvalue weighted by molar-refractivity contribution is 5.04. The van der Waals surface area contributed by atoms with Gasteiger partial charge in [0.15, 0.2) is 5.82 Å². The topological polar surface area (TPSA) is 58.9 Å². The monoisotopic (exact) mass is 294 g/mol. The molecule has 1 aromatic rings. The summed E-state index contributed by atoms with van der Waals surface area (Å²) >= 11 is 0. The van der Waals surface area contributed by atoms with Crippen molar-refractivity contribution in [3.63, 3.8) is 0 Å². The second kappa shape index (κ2) is 7.31. The number of aromatic nitrogens is 4. The van der Waals surface area contributed by atoms with Gasteiger partial charge in [0.25, 0.3) is 0 Å². The molecule has 0 bridgehead atoms. The first-order valence-corrected chi connectivity index (χ1v) is 8.22. The van der Waals surface area contributed by atoms with E-state index in [1.54, 1.807) is 4.80 Å². The predicted molar refractivity (Wildman–Crippen MR) is 84.1 cm³/mol. The molecule has 1 aromatic heterocycles. The van der Waals surface area contributed by atoms with Crippen molar-refractivity contribution in [1.29, 1.82) is 0 Å². The summed E-state index contributed by atoms with van der Waals surface area (Å²) in [5.74, 6) is 0.845. The van der Waals surface area contributed by atoms with Crippen molar-refractivity contribution in [2.45, 2.75) is 63.5 Å². The van der Waals surface area contributed by atoms with Crippen molar-refractivity contribution >= 4 is 0 Å². The standard InChI is InChI=1S/C15H30N6/c1-5-11-16-13(12-14-17-19-21(4)18-14)15(20(2)3)9-7-6-8-10-15/h13,16H,5-12H2,1-4H3. The van der Waals surface area contributed by atoms with Gasteiger partial charge in [-0.15, -0.1) is 10.2 Å². The summed E-state index contributed by atoms with van der Waals surface area (Å²) in [7, 11) is 6.26. The quantitative estimate of drug-likeness (QED) is 0.823. The Kier molecular flexibility index (Phi) is 5.70. The molecule has 0 aliphatic heterocycles. The molecule has 6 heteroatoms. The van der Waals surface area contributed by atoms with Gasteiger partial charge < -0.3 is 10.2 Å². The van der Waals surface area contributed by atoms with Crippen LogP contribution in [0.5, 0.6) is 0 Å². The molecule has 1 fully saturated rings.